The fourth-order valence-corrected chi connectivity index (χ4v) is 1.22. The molecule has 1 fully saturated rings. The Hall–Kier alpha value is -0.860. The zero-order valence-electron chi connectivity index (χ0n) is 6.10. The Morgan fingerprint density at radius 3 is 2.55 bits per heavy atom. The zero-order chi connectivity index (χ0) is 7.68. The SMILES string of the molecule is OCC1O[C@@H]1c1ccccc1. The molecule has 0 spiro atoms. The van der Waals surface area contributed by atoms with Gasteiger partial charge in [0.05, 0.1) is 6.61 Å². The summed E-state index contributed by atoms with van der Waals surface area (Å²) in [6, 6.07) is 9.96. The summed E-state index contributed by atoms with van der Waals surface area (Å²) in [5, 5.41) is 8.71. The Kier molecular flexibility index (Phi) is 1.64. The molecular formula is C9H10O2. The van der Waals surface area contributed by atoms with E-state index in [9.17, 15) is 0 Å². The van der Waals surface area contributed by atoms with Gasteiger partial charge in [-0.1, -0.05) is 30.3 Å². The molecule has 2 rings (SSSR count). The maximum absolute atomic E-state index is 8.71. The highest BCUT2D eigenvalue weighted by atomic mass is 16.6. The number of benzene rings is 1. The lowest BCUT2D eigenvalue weighted by molar-refractivity contribution is 0.242. The van der Waals surface area contributed by atoms with Crippen LogP contribution in [0, 0.1) is 0 Å². The zero-order valence-corrected chi connectivity index (χ0v) is 6.10. The third-order valence-electron chi connectivity index (χ3n) is 1.89. The van der Waals surface area contributed by atoms with Crippen LogP contribution < -0.4 is 0 Å². The molecule has 1 aliphatic heterocycles. The monoisotopic (exact) mass is 150 g/mol. The van der Waals surface area contributed by atoms with Crippen LogP contribution in [0.2, 0.25) is 0 Å². The predicted octanol–water partition coefficient (Wildman–Crippen LogP) is 1.12. The average molecular weight is 150 g/mol. The second kappa shape index (κ2) is 2.64. The molecule has 0 amide bonds. The van der Waals surface area contributed by atoms with Crippen LogP contribution in [-0.4, -0.2) is 17.8 Å². The number of aliphatic hydroxyl groups is 1. The Morgan fingerprint density at radius 2 is 2.00 bits per heavy atom. The maximum atomic E-state index is 8.71. The van der Waals surface area contributed by atoms with Gasteiger partial charge in [0.1, 0.15) is 12.2 Å². The van der Waals surface area contributed by atoms with Crippen molar-refractivity contribution in [1.82, 2.24) is 0 Å². The molecule has 0 radical (unpaired) electrons. The van der Waals surface area contributed by atoms with E-state index >= 15 is 0 Å². The van der Waals surface area contributed by atoms with Gasteiger partial charge in [0, 0.05) is 0 Å². The van der Waals surface area contributed by atoms with Crippen LogP contribution in [0.3, 0.4) is 0 Å². The number of hydrogen-bond acceptors (Lipinski definition) is 2. The molecule has 0 aromatic heterocycles. The predicted molar refractivity (Wildman–Crippen MR) is 41.1 cm³/mol. The van der Waals surface area contributed by atoms with Gasteiger partial charge in [-0.3, -0.25) is 0 Å². The first kappa shape index (κ1) is 6.83. The molecule has 1 heterocycles. The number of hydrogen-bond donors (Lipinski definition) is 1. The Bertz CT molecular complexity index is 233. The molecule has 58 valence electrons. The van der Waals surface area contributed by atoms with Gasteiger partial charge in [-0.05, 0) is 5.56 Å². The molecule has 0 bridgehead atoms. The summed E-state index contributed by atoms with van der Waals surface area (Å²) in [4.78, 5) is 0. The Labute approximate surface area is 65.4 Å². The topological polar surface area (TPSA) is 32.8 Å². The molecule has 1 aromatic rings. The minimum Gasteiger partial charge on any atom is -0.394 e. The van der Waals surface area contributed by atoms with E-state index in [0.29, 0.717) is 0 Å². The summed E-state index contributed by atoms with van der Waals surface area (Å²) in [7, 11) is 0. The fourth-order valence-electron chi connectivity index (χ4n) is 1.22. The molecule has 1 aromatic carbocycles. The first-order chi connectivity index (χ1) is 5.42. The van der Waals surface area contributed by atoms with Crippen molar-refractivity contribution in [1.29, 1.82) is 0 Å². The number of aliphatic hydroxyl groups excluding tert-OH is 1. The van der Waals surface area contributed by atoms with Crippen LogP contribution >= 0.6 is 0 Å². The quantitative estimate of drug-likeness (QED) is 0.641. The van der Waals surface area contributed by atoms with Crippen LogP contribution in [0.5, 0.6) is 0 Å². The van der Waals surface area contributed by atoms with Crippen molar-refractivity contribution in [3.8, 4) is 0 Å². The van der Waals surface area contributed by atoms with E-state index in [-0.39, 0.29) is 18.8 Å². The van der Waals surface area contributed by atoms with Crippen LogP contribution in [-0.2, 0) is 4.74 Å². The Morgan fingerprint density at radius 1 is 1.27 bits per heavy atom. The molecule has 0 aliphatic carbocycles. The third-order valence-corrected chi connectivity index (χ3v) is 1.89. The van der Waals surface area contributed by atoms with Crippen LogP contribution in [0.15, 0.2) is 30.3 Å². The van der Waals surface area contributed by atoms with E-state index in [0.717, 1.165) is 5.56 Å². The summed E-state index contributed by atoms with van der Waals surface area (Å²) >= 11 is 0. The molecule has 1 N–H and O–H groups in total. The molecule has 1 aliphatic rings. The molecule has 1 unspecified atom stereocenters. The molecule has 1 saturated heterocycles. The lowest BCUT2D eigenvalue weighted by atomic mass is 10.1. The van der Waals surface area contributed by atoms with Crippen LogP contribution in [0.4, 0.5) is 0 Å². The molecule has 2 atom stereocenters. The highest BCUT2D eigenvalue weighted by Gasteiger charge is 2.39. The normalized spacial score (nSPS) is 28.5. The van der Waals surface area contributed by atoms with Gasteiger partial charge in [0.2, 0.25) is 0 Å². The van der Waals surface area contributed by atoms with Gasteiger partial charge in [-0.25, -0.2) is 0 Å². The van der Waals surface area contributed by atoms with Crippen molar-refractivity contribution in [3.05, 3.63) is 35.9 Å². The van der Waals surface area contributed by atoms with E-state index in [1.807, 2.05) is 30.3 Å². The molecule has 0 saturated carbocycles. The third kappa shape index (κ3) is 1.27. The lowest BCUT2D eigenvalue weighted by Gasteiger charge is -1.91. The largest absolute Gasteiger partial charge is 0.394 e. The van der Waals surface area contributed by atoms with E-state index < -0.39 is 0 Å². The van der Waals surface area contributed by atoms with Crippen molar-refractivity contribution >= 4 is 0 Å². The fraction of sp³-hybridized carbons (Fsp3) is 0.333. The van der Waals surface area contributed by atoms with Gasteiger partial charge in [-0.2, -0.15) is 0 Å². The standard InChI is InChI=1S/C9H10O2/c10-6-8-9(11-8)7-4-2-1-3-5-7/h1-5,8-10H,6H2/t8?,9-/m1/s1. The minimum atomic E-state index is 0.0393. The van der Waals surface area contributed by atoms with Gasteiger partial charge >= 0.3 is 0 Å². The highest BCUT2D eigenvalue weighted by Crippen LogP contribution is 2.37. The molecular weight excluding hydrogens is 140 g/mol. The van der Waals surface area contributed by atoms with E-state index in [4.69, 9.17) is 9.84 Å². The first-order valence-electron chi connectivity index (χ1n) is 3.73. The second-order valence-electron chi connectivity index (χ2n) is 2.69. The van der Waals surface area contributed by atoms with Crippen LogP contribution in [0.25, 0.3) is 0 Å². The van der Waals surface area contributed by atoms with E-state index in [1.54, 1.807) is 0 Å². The van der Waals surface area contributed by atoms with E-state index in [2.05, 4.69) is 0 Å². The first-order valence-corrected chi connectivity index (χ1v) is 3.73. The Balaban J connectivity index is 2.09. The van der Waals surface area contributed by atoms with Gasteiger partial charge in [-0.15, -0.1) is 0 Å². The molecule has 11 heavy (non-hydrogen) atoms. The molecule has 2 heteroatoms. The summed E-state index contributed by atoms with van der Waals surface area (Å²) in [6.07, 6.45) is 0.179. The summed E-state index contributed by atoms with van der Waals surface area (Å²) in [5.74, 6) is 0. The number of epoxide rings is 1. The smallest absolute Gasteiger partial charge is 0.112 e. The van der Waals surface area contributed by atoms with Crippen molar-refractivity contribution in [2.24, 2.45) is 0 Å². The minimum absolute atomic E-state index is 0.0393. The van der Waals surface area contributed by atoms with Crippen molar-refractivity contribution < 1.29 is 9.84 Å². The second-order valence-corrected chi connectivity index (χ2v) is 2.69. The average Bonchev–Trinajstić information content (AvgIpc) is 2.85. The number of ether oxygens (including phenoxy) is 1. The van der Waals surface area contributed by atoms with Crippen molar-refractivity contribution in [2.45, 2.75) is 12.2 Å². The summed E-state index contributed by atoms with van der Waals surface area (Å²) < 4.78 is 5.20. The number of rotatable bonds is 2. The van der Waals surface area contributed by atoms with Gasteiger partial charge < -0.3 is 9.84 Å². The highest BCUT2D eigenvalue weighted by molar-refractivity contribution is 5.22. The van der Waals surface area contributed by atoms with Crippen LogP contribution in [0.1, 0.15) is 11.7 Å². The summed E-state index contributed by atoms with van der Waals surface area (Å²) in [6.45, 7) is 0.125. The van der Waals surface area contributed by atoms with E-state index in [1.165, 1.54) is 0 Å². The maximum Gasteiger partial charge on any atom is 0.112 e. The van der Waals surface area contributed by atoms with Gasteiger partial charge in [0.25, 0.3) is 0 Å². The lowest BCUT2D eigenvalue weighted by Crippen LogP contribution is -1.93. The van der Waals surface area contributed by atoms with Gasteiger partial charge in [0.15, 0.2) is 0 Å². The molecule has 2 nitrogen and oxygen atoms in total. The van der Waals surface area contributed by atoms with Crippen molar-refractivity contribution in [2.75, 3.05) is 6.61 Å². The summed E-state index contributed by atoms with van der Waals surface area (Å²) in [5.41, 5.74) is 1.16. The van der Waals surface area contributed by atoms with Crippen molar-refractivity contribution in [3.63, 3.8) is 0 Å².